The van der Waals surface area contributed by atoms with Crippen LogP contribution in [0.4, 0.5) is 0 Å². The number of hydrogen-bond acceptors (Lipinski definition) is 3. The molecule has 1 amide bonds. The van der Waals surface area contributed by atoms with Gasteiger partial charge in [0, 0.05) is 44.2 Å². The molecular formula is C23H37N5O. The molecule has 6 nitrogen and oxygen atoms in total. The Hall–Kier alpha value is -2.08. The van der Waals surface area contributed by atoms with E-state index in [1.165, 1.54) is 5.56 Å². The maximum atomic E-state index is 12.4. The third kappa shape index (κ3) is 7.03. The smallest absolute Gasteiger partial charge is 0.223 e. The van der Waals surface area contributed by atoms with E-state index in [1.54, 1.807) is 0 Å². The molecule has 6 heteroatoms. The number of carbonyl (C=O) groups excluding carboxylic acids is 1. The fourth-order valence-corrected chi connectivity index (χ4v) is 3.92. The SMILES string of the molecule is CN=C(NCC(C)N(C)Cc1ccccc1)NC1CCCC(C(=O)NC2CC2)C1. The van der Waals surface area contributed by atoms with Crippen molar-refractivity contribution in [3.8, 4) is 0 Å². The largest absolute Gasteiger partial charge is 0.355 e. The van der Waals surface area contributed by atoms with E-state index >= 15 is 0 Å². The summed E-state index contributed by atoms with van der Waals surface area (Å²) in [6.45, 7) is 3.97. The van der Waals surface area contributed by atoms with Crippen LogP contribution in [-0.2, 0) is 11.3 Å². The van der Waals surface area contributed by atoms with Crippen LogP contribution >= 0.6 is 0 Å². The molecule has 0 saturated heterocycles. The average Bonchev–Trinajstić information content (AvgIpc) is 3.55. The zero-order chi connectivity index (χ0) is 20.6. The first-order valence-electron chi connectivity index (χ1n) is 11.1. The number of nitrogens with zero attached hydrogens (tertiary/aromatic N) is 2. The van der Waals surface area contributed by atoms with Gasteiger partial charge in [0.25, 0.3) is 0 Å². The molecule has 29 heavy (non-hydrogen) atoms. The molecule has 0 spiro atoms. The molecule has 0 heterocycles. The first kappa shape index (κ1) is 21.6. The number of nitrogens with one attached hydrogen (secondary N) is 3. The minimum Gasteiger partial charge on any atom is -0.355 e. The fourth-order valence-electron chi connectivity index (χ4n) is 3.92. The van der Waals surface area contributed by atoms with Gasteiger partial charge in [0.1, 0.15) is 0 Å². The van der Waals surface area contributed by atoms with Gasteiger partial charge in [0.05, 0.1) is 0 Å². The highest BCUT2D eigenvalue weighted by atomic mass is 16.2. The molecule has 3 atom stereocenters. The highest BCUT2D eigenvalue weighted by Gasteiger charge is 2.31. The minimum absolute atomic E-state index is 0.135. The molecule has 2 aliphatic rings. The van der Waals surface area contributed by atoms with Crippen molar-refractivity contribution in [2.24, 2.45) is 10.9 Å². The molecule has 3 rings (SSSR count). The Morgan fingerprint density at radius 3 is 2.59 bits per heavy atom. The standard InChI is InChI=1S/C23H37N5O/c1-17(28(3)16-18-8-5-4-6-9-18)15-25-23(24-2)27-21-11-7-10-19(14-21)22(29)26-20-12-13-20/h4-6,8-9,17,19-21H,7,10-16H2,1-3H3,(H,26,29)(H2,24,25,27). The lowest BCUT2D eigenvalue weighted by molar-refractivity contribution is -0.126. The summed E-state index contributed by atoms with van der Waals surface area (Å²) in [6, 6.07) is 11.7. The summed E-state index contributed by atoms with van der Waals surface area (Å²) in [6.07, 6.45) is 6.37. The van der Waals surface area contributed by atoms with Gasteiger partial charge in [-0.2, -0.15) is 0 Å². The predicted octanol–water partition coefficient (Wildman–Crippen LogP) is 2.51. The minimum atomic E-state index is 0.135. The summed E-state index contributed by atoms with van der Waals surface area (Å²) < 4.78 is 0. The quantitative estimate of drug-likeness (QED) is 0.464. The zero-order valence-corrected chi connectivity index (χ0v) is 18.2. The van der Waals surface area contributed by atoms with Gasteiger partial charge in [-0.25, -0.2) is 0 Å². The summed E-state index contributed by atoms with van der Waals surface area (Å²) in [4.78, 5) is 19.1. The maximum absolute atomic E-state index is 12.4. The van der Waals surface area contributed by atoms with Crippen molar-refractivity contribution in [1.29, 1.82) is 0 Å². The number of hydrogen-bond donors (Lipinski definition) is 3. The van der Waals surface area contributed by atoms with Crippen LogP contribution in [0.1, 0.15) is 51.0 Å². The topological polar surface area (TPSA) is 68.8 Å². The molecule has 0 aliphatic heterocycles. The van der Waals surface area contributed by atoms with Crippen LogP contribution in [0.2, 0.25) is 0 Å². The van der Waals surface area contributed by atoms with Crippen molar-refractivity contribution >= 4 is 11.9 Å². The molecule has 1 aromatic carbocycles. The molecular weight excluding hydrogens is 362 g/mol. The fraction of sp³-hybridized carbons (Fsp3) is 0.652. The molecule has 3 unspecified atom stereocenters. The van der Waals surface area contributed by atoms with E-state index in [9.17, 15) is 4.79 Å². The second-order valence-electron chi connectivity index (χ2n) is 8.69. The number of likely N-dealkylation sites (N-methyl/N-ethyl adjacent to an activating group) is 1. The van der Waals surface area contributed by atoms with Crippen LogP contribution < -0.4 is 16.0 Å². The van der Waals surface area contributed by atoms with E-state index in [1.807, 2.05) is 7.05 Å². The highest BCUT2D eigenvalue weighted by Crippen LogP contribution is 2.26. The molecule has 160 valence electrons. The second-order valence-corrected chi connectivity index (χ2v) is 8.69. The maximum Gasteiger partial charge on any atom is 0.223 e. The van der Waals surface area contributed by atoms with E-state index < -0.39 is 0 Å². The number of amides is 1. The van der Waals surface area contributed by atoms with Gasteiger partial charge in [-0.15, -0.1) is 0 Å². The molecule has 3 N–H and O–H groups in total. The Kier molecular flexibility index (Phi) is 7.92. The Labute approximate surface area is 175 Å². The predicted molar refractivity (Wildman–Crippen MR) is 119 cm³/mol. The van der Waals surface area contributed by atoms with Crippen LogP contribution in [0.15, 0.2) is 35.3 Å². The van der Waals surface area contributed by atoms with Crippen LogP contribution in [0, 0.1) is 5.92 Å². The third-order valence-electron chi connectivity index (χ3n) is 6.13. The lowest BCUT2D eigenvalue weighted by Crippen LogP contribution is -2.49. The molecule has 2 aliphatic carbocycles. The van der Waals surface area contributed by atoms with Crippen molar-refractivity contribution in [2.75, 3.05) is 20.6 Å². The number of rotatable bonds is 8. The molecule has 0 aromatic heterocycles. The van der Waals surface area contributed by atoms with E-state index in [2.05, 4.69) is 70.1 Å². The highest BCUT2D eigenvalue weighted by molar-refractivity contribution is 5.81. The lowest BCUT2D eigenvalue weighted by Gasteiger charge is -2.31. The van der Waals surface area contributed by atoms with E-state index in [0.717, 1.165) is 57.6 Å². The van der Waals surface area contributed by atoms with E-state index in [-0.39, 0.29) is 11.8 Å². The van der Waals surface area contributed by atoms with Crippen molar-refractivity contribution < 1.29 is 4.79 Å². The average molecular weight is 400 g/mol. The van der Waals surface area contributed by atoms with Gasteiger partial charge in [-0.3, -0.25) is 14.7 Å². The number of guanidine groups is 1. The Morgan fingerprint density at radius 2 is 1.90 bits per heavy atom. The molecule has 0 bridgehead atoms. The Balaban J connectivity index is 1.41. The molecule has 1 aromatic rings. The van der Waals surface area contributed by atoms with Crippen LogP contribution in [0.3, 0.4) is 0 Å². The van der Waals surface area contributed by atoms with Crippen molar-refractivity contribution in [1.82, 2.24) is 20.9 Å². The molecule has 2 saturated carbocycles. The monoisotopic (exact) mass is 399 g/mol. The summed E-state index contributed by atoms with van der Waals surface area (Å²) in [5.74, 6) is 1.22. The summed E-state index contributed by atoms with van der Waals surface area (Å²) in [7, 11) is 3.97. The van der Waals surface area contributed by atoms with Crippen LogP contribution in [-0.4, -0.2) is 55.5 Å². The summed E-state index contributed by atoms with van der Waals surface area (Å²) in [5, 5.41) is 10.2. The van der Waals surface area contributed by atoms with Crippen molar-refractivity contribution in [2.45, 2.75) is 70.1 Å². The van der Waals surface area contributed by atoms with E-state index in [0.29, 0.717) is 18.1 Å². The van der Waals surface area contributed by atoms with Gasteiger partial charge in [-0.05, 0) is 51.6 Å². The summed E-state index contributed by atoms with van der Waals surface area (Å²) >= 11 is 0. The Morgan fingerprint density at radius 1 is 1.14 bits per heavy atom. The molecule has 0 radical (unpaired) electrons. The molecule has 2 fully saturated rings. The third-order valence-corrected chi connectivity index (χ3v) is 6.13. The van der Waals surface area contributed by atoms with Crippen LogP contribution in [0.5, 0.6) is 0 Å². The summed E-state index contributed by atoms with van der Waals surface area (Å²) in [5.41, 5.74) is 1.32. The van der Waals surface area contributed by atoms with Gasteiger partial charge < -0.3 is 16.0 Å². The number of aliphatic imine (C=N–C) groups is 1. The normalized spacial score (nSPS) is 23.5. The zero-order valence-electron chi connectivity index (χ0n) is 18.2. The lowest BCUT2D eigenvalue weighted by atomic mass is 9.85. The second kappa shape index (κ2) is 10.6. The first-order valence-corrected chi connectivity index (χ1v) is 11.1. The van der Waals surface area contributed by atoms with Gasteiger partial charge in [0.15, 0.2) is 5.96 Å². The van der Waals surface area contributed by atoms with Gasteiger partial charge in [-0.1, -0.05) is 36.8 Å². The first-order chi connectivity index (χ1) is 14.0. The van der Waals surface area contributed by atoms with Gasteiger partial charge >= 0.3 is 0 Å². The number of benzene rings is 1. The van der Waals surface area contributed by atoms with Crippen molar-refractivity contribution in [3.63, 3.8) is 0 Å². The van der Waals surface area contributed by atoms with Crippen LogP contribution in [0.25, 0.3) is 0 Å². The van der Waals surface area contributed by atoms with Crippen molar-refractivity contribution in [3.05, 3.63) is 35.9 Å². The number of carbonyl (C=O) groups is 1. The van der Waals surface area contributed by atoms with Gasteiger partial charge in [0.2, 0.25) is 5.91 Å². The Bertz CT molecular complexity index is 673. The van der Waals surface area contributed by atoms with E-state index in [4.69, 9.17) is 0 Å².